The molecule has 0 atom stereocenters. The summed E-state index contributed by atoms with van der Waals surface area (Å²) in [5.74, 6) is 1.28. The molecular weight excluding hydrogens is 292 g/mol. The Hall–Kier alpha value is -2.69. The summed E-state index contributed by atoms with van der Waals surface area (Å²) in [6.45, 7) is 6.90. The Bertz CT molecular complexity index is 654. The fourth-order valence-corrected chi connectivity index (χ4v) is 2.06. The Kier molecular flexibility index (Phi) is 5.86. The van der Waals surface area contributed by atoms with Gasteiger partial charge in [0.2, 0.25) is 0 Å². The van der Waals surface area contributed by atoms with Gasteiger partial charge in [-0.2, -0.15) is 0 Å². The Labute approximate surface area is 136 Å². The highest BCUT2D eigenvalue weighted by Gasteiger charge is 2.08. The first-order valence-electron chi connectivity index (χ1n) is 7.66. The molecule has 122 valence electrons. The summed E-state index contributed by atoms with van der Waals surface area (Å²) in [5, 5.41) is 5.57. The number of amides is 2. The average molecular weight is 314 g/mol. The van der Waals surface area contributed by atoms with Gasteiger partial charge in [0.1, 0.15) is 0 Å². The fraction of sp³-hybridized carbons (Fsp3) is 0.278. The minimum absolute atomic E-state index is 0.305. The maximum Gasteiger partial charge on any atom is 0.323 e. The highest BCUT2D eigenvalue weighted by atomic mass is 16.5. The van der Waals surface area contributed by atoms with Crippen molar-refractivity contribution in [1.29, 1.82) is 0 Å². The van der Waals surface area contributed by atoms with Gasteiger partial charge in [-0.3, -0.25) is 0 Å². The molecule has 0 unspecified atom stereocenters. The number of rotatable bonds is 6. The van der Waals surface area contributed by atoms with Crippen molar-refractivity contribution in [3.8, 4) is 11.5 Å². The molecule has 2 aromatic rings. The van der Waals surface area contributed by atoms with Gasteiger partial charge in [-0.05, 0) is 45.0 Å². The molecule has 0 bridgehead atoms. The lowest BCUT2D eigenvalue weighted by molar-refractivity contribution is 0.262. The van der Waals surface area contributed by atoms with Crippen LogP contribution >= 0.6 is 0 Å². The lowest BCUT2D eigenvalue weighted by atomic mass is 10.2. The molecule has 0 fully saturated rings. The van der Waals surface area contributed by atoms with Crippen LogP contribution in [0.3, 0.4) is 0 Å². The first kappa shape index (κ1) is 16.7. The van der Waals surface area contributed by atoms with Crippen LogP contribution in [0.15, 0.2) is 42.5 Å². The number of hydrogen-bond donors (Lipinski definition) is 2. The van der Waals surface area contributed by atoms with Gasteiger partial charge in [0, 0.05) is 17.4 Å². The topological polar surface area (TPSA) is 59.6 Å². The van der Waals surface area contributed by atoms with Gasteiger partial charge >= 0.3 is 6.03 Å². The van der Waals surface area contributed by atoms with Crippen LogP contribution in [-0.2, 0) is 0 Å². The summed E-state index contributed by atoms with van der Waals surface area (Å²) in [4.78, 5) is 12.1. The minimum Gasteiger partial charge on any atom is -0.490 e. The second-order valence-electron chi connectivity index (χ2n) is 4.97. The zero-order valence-electron chi connectivity index (χ0n) is 13.7. The van der Waals surface area contributed by atoms with Gasteiger partial charge in [-0.15, -0.1) is 0 Å². The predicted molar refractivity (Wildman–Crippen MR) is 92.6 cm³/mol. The largest absolute Gasteiger partial charge is 0.490 e. The summed E-state index contributed by atoms with van der Waals surface area (Å²) in [5.41, 5.74) is 2.52. The van der Waals surface area contributed by atoms with Gasteiger partial charge in [0.25, 0.3) is 0 Å². The Morgan fingerprint density at radius 2 is 1.43 bits per heavy atom. The number of urea groups is 1. The molecule has 23 heavy (non-hydrogen) atoms. The van der Waals surface area contributed by atoms with E-state index in [0.29, 0.717) is 30.4 Å². The summed E-state index contributed by atoms with van der Waals surface area (Å²) in [6, 6.07) is 12.6. The molecule has 0 aliphatic heterocycles. The van der Waals surface area contributed by atoms with E-state index in [1.165, 1.54) is 0 Å². The second-order valence-corrected chi connectivity index (χ2v) is 4.97. The SMILES string of the molecule is CCOc1ccc(NC(=O)Nc2ccc(C)cc2)cc1OCC. The lowest BCUT2D eigenvalue weighted by Crippen LogP contribution is -2.19. The van der Waals surface area contributed by atoms with Crippen LogP contribution in [0.25, 0.3) is 0 Å². The van der Waals surface area contributed by atoms with Gasteiger partial charge < -0.3 is 20.1 Å². The van der Waals surface area contributed by atoms with E-state index in [-0.39, 0.29) is 6.03 Å². The van der Waals surface area contributed by atoms with Crippen LogP contribution in [0.1, 0.15) is 19.4 Å². The van der Waals surface area contributed by atoms with Crippen molar-refractivity contribution in [2.75, 3.05) is 23.8 Å². The summed E-state index contributed by atoms with van der Waals surface area (Å²) < 4.78 is 11.0. The van der Waals surface area contributed by atoms with E-state index >= 15 is 0 Å². The molecule has 2 aromatic carbocycles. The van der Waals surface area contributed by atoms with Gasteiger partial charge in [0.05, 0.1) is 13.2 Å². The molecule has 5 nitrogen and oxygen atoms in total. The highest BCUT2D eigenvalue weighted by Crippen LogP contribution is 2.30. The number of nitrogens with one attached hydrogen (secondary N) is 2. The number of hydrogen-bond acceptors (Lipinski definition) is 3. The van der Waals surface area contributed by atoms with Crippen molar-refractivity contribution >= 4 is 17.4 Å². The monoisotopic (exact) mass is 314 g/mol. The van der Waals surface area contributed by atoms with E-state index < -0.39 is 0 Å². The third kappa shape index (κ3) is 4.92. The van der Waals surface area contributed by atoms with Crippen molar-refractivity contribution in [3.63, 3.8) is 0 Å². The summed E-state index contributed by atoms with van der Waals surface area (Å²) in [6.07, 6.45) is 0. The molecule has 5 heteroatoms. The fourth-order valence-electron chi connectivity index (χ4n) is 2.06. The van der Waals surface area contributed by atoms with E-state index in [1.54, 1.807) is 18.2 Å². The zero-order chi connectivity index (χ0) is 16.7. The highest BCUT2D eigenvalue weighted by molar-refractivity contribution is 5.99. The van der Waals surface area contributed by atoms with E-state index in [4.69, 9.17) is 9.47 Å². The number of benzene rings is 2. The lowest BCUT2D eigenvalue weighted by Gasteiger charge is -2.13. The summed E-state index contributed by atoms with van der Waals surface area (Å²) in [7, 11) is 0. The van der Waals surface area contributed by atoms with Crippen LogP contribution in [-0.4, -0.2) is 19.2 Å². The van der Waals surface area contributed by atoms with E-state index in [1.807, 2.05) is 45.0 Å². The zero-order valence-corrected chi connectivity index (χ0v) is 13.7. The van der Waals surface area contributed by atoms with Crippen LogP contribution in [0.4, 0.5) is 16.2 Å². The first-order valence-corrected chi connectivity index (χ1v) is 7.66. The smallest absolute Gasteiger partial charge is 0.323 e. The van der Waals surface area contributed by atoms with Crippen molar-refractivity contribution in [2.45, 2.75) is 20.8 Å². The second kappa shape index (κ2) is 8.08. The normalized spacial score (nSPS) is 10.0. The molecule has 0 saturated heterocycles. The first-order chi connectivity index (χ1) is 11.1. The molecule has 0 spiro atoms. The molecule has 0 aliphatic rings. The van der Waals surface area contributed by atoms with Gasteiger partial charge in [-0.1, -0.05) is 17.7 Å². The molecule has 2 N–H and O–H groups in total. The molecule has 0 heterocycles. The van der Waals surface area contributed by atoms with Gasteiger partial charge in [-0.25, -0.2) is 4.79 Å². The third-order valence-corrected chi connectivity index (χ3v) is 3.11. The van der Waals surface area contributed by atoms with Crippen LogP contribution in [0.5, 0.6) is 11.5 Å². The molecule has 0 radical (unpaired) electrons. The van der Waals surface area contributed by atoms with Crippen LogP contribution in [0.2, 0.25) is 0 Å². The van der Waals surface area contributed by atoms with Gasteiger partial charge in [0.15, 0.2) is 11.5 Å². The quantitative estimate of drug-likeness (QED) is 0.829. The third-order valence-electron chi connectivity index (χ3n) is 3.11. The number of ether oxygens (including phenoxy) is 2. The van der Waals surface area contributed by atoms with E-state index in [9.17, 15) is 4.79 Å². The maximum atomic E-state index is 12.1. The molecular formula is C18H22N2O3. The van der Waals surface area contributed by atoms with Crippen molar-refractivity contribution in [2.24, 2.45) is 0 Å². The molecule has 0 saturated carbocycles. The Balaban J connectivity index is 2.05. The number of carbonyl (C=O) groups is 1. The molecule has 0 aliphatic carbocycles. The molecule has 0 aromatic heterocycles. The average Bonchev–Trinajstić information content (AvgIpc) is 2.52. The van der Waals surface area contributed by atoms with E-state index in [2.05, 4.69) is 10.6 Å². The summed E-state index contributed by atoms with van der Waals surface area (Å²) >= 11 is 0. The number of carbonyl (C=O) groups excluding carboxylic acids is 1. The predicted octanol–water partition coefficient (Wildman–Crippen LogP) is 4.44. The van der Waals surface area contributed by atoms with Crippen molar-refractivity contribution in [3.05, 3.63) is 48.0 Å². The Morgan fingerprint density at radius 3 is 2.09 bits per heavy atom. The number of aryl methyl sites for hydroxylation is 1. The van der Waals surface area contributed by atoms with Crippen LogP contribution in [0, 0.1) is 6.92 Å². The molecule has 2 rings (SSSR count). The number of anilines is 2. The van der Waals surface area contributed by atoms with E-state index in [0.717, 1.165) is 11.3 Å². The Morgan fingerprint density at radius 1 is 0.870 bits per heavy atom. The minimum atomic E-state index is -0.305. The molecule has 2 amide bonds. The standard InChI is InChI=1S/C18H22N2O3/c1-4-22-16-11-10-15(12-17(16)23-5-2)20-18(21)19-14-8-6-13(3)7-9-14/h6-12H,4-5H2,1-3H3,(H2,19,20,21). The van der Waals surface area contributed by atoms with Crippen LogP contribution < -0.4 is 20.1 Å². The van der Waals surface area contributed by atoms with Crippen molar-refractivity contribution < 1.29 is 14.3 Å². The maximum absolute atomic E-state index is 12.1. The van der Waals surface area contributed by atoms with Crippen molar-refractivity contribution in [1.82, 2.24) is 0 Å².